The summed E-state index contributed by atoms with van der Waals surface area (Å²) in [5.74, 6) is 2.20. The van der Waals surface area contributed by atoms with E-state index >= 15 is 0 Å². The zero-order valence-corrected chi connectivity index (χ0v) is 16.1. The summed E-state index contributed by atoms with van der Waals surface area (Å²) in [6.45, 7) is 0.469. The standard InChI is InChI=1S/C21H28N2O2S/c22-19(24)18-15-3-1-2-4-16(15)26-17(18)11-23-20(25)21-8-12-5-13(9-21)7-14(6-12)10-21/h12-14H,1-11H2,(H2,22,24)(H,23,25). The molecule has 5 aliphatic rings. The molecule has 4 fully saturated rings. The van der Waals surface area contributed by atoms with Crippen LogP contribution in [0.3, 0.4) is 0 Å². The van der Waals surface area contributed by atoms with E-state index in [0.717, 1.165) is 66.7 Å². The van der Waals surface area contributed by atoms with Gasteiger partial charge >= 0.3 is 0 Å². The Morgan fingerprint density at radius 2 is 1.65 bits per heavy atom. The van der Waals surface area contributed by atoms with Crippen molar-refractivity contribution in [1.82, 2.24) is 5.32 Å². The van der Waals surface area contributed by atoms with Gasteiger partial charge in [0.05, 0.1) is 12.1 Å². The minimum absolute atomic E-state index is 0.126. The fraction of sp³-hybridized carbons (Fsp3) is 0.714. The maximum atomic E-state index is 13.2. The number of hydrogen-bond donors (Lipinski definition) is 2. The summed E-state index contributed by atoms with van der Waals surface area (Å²) in [7, 11) is 0. The Bertz CT molecular complexity index is 731. The van der Waals surface area contributed by atoms with Crippen molar-refractivity contribution in [2.75, 3.05) is 0 Å². The maximum Gasteiger partial charge on any atom is 0.250 e. The third-order valence-electron chi connectivity index (χ3n) is 7.42. The lowest BCUT2D eigenvalue weighted by Gasteiger charge is -2.55. The fourth-order valence-corrected chi connectivity index (χ4v) is 8.11. The third kappa shape index (κ3) is 2.62. The predicted molar refractivity (Wildman–Crippen MR) is 102 cm³/mol. The van der Waals surface area contributed by atoms with Crippen LogP contribution in [0.1, 0.15) is 77.0 Å². The summed E-state index contributed by atoms with van der Waals surface area (Å²) < 4.78 is 0. The lowest BCUT2D eigenvalue weighted by Crippen LogP contribution is -2.53. The molecule has 4 bridgehead atoms. The van der Waals surface area contributed by atoms with Crippen molar-refractivity contribution in [2.24, 2.45) is 28.9 Å². The van der Waals surface area contributed by atoms with Gasteiger partial charge in [0.1, 0.15) is 0 Å². The van der Waals surface area contributed by atoms with Crippen LogP contribution in [0.2, 0.25) is 0 Å². The van der Waals surface area contributed by atoms with Crippen LogP contribution in [-0.2, 0) is 24.2 Å². The topological polar surface area (TPSA) is 72.2 Å². The van der Waals surface area contributed by atoms with Crippen molar-refractivity contribution in [3.63, 3.8) is 0 Å². The van der Waals surface area contributed by atoms with E-state index in [1.165, 1.54) is 30.6 Å². The van der Waals surface area contributed by atoms with E-state index in [9.17, 15) is 9.59 Å². The Hall–Kier alpha value is -1.36. The van der Waals surface area contributed by atoms with Crippen LogP contribution in [0.25, 0.3) is 0 Å². The van der Waals surface area contributed by atoms with Gasteiger partial charge in [-0.1, -0.05) is 0 Å². The molecule has 5 heteroatoms. The Balaban J connectivity index is 1.34. The number of amides is 2. The summed E-state index contributed by atoms with van der Waals surface area (Å²) in [4.78, 5) is 27.5. The average Bonchev–Trinajstić information content (AvgIpc) is 2.97. The molecule has 3 N–H and O–H groups in total. The fourth-order valence-electron chi connectivity index (χ4n) is 6.77. The van der Waals surface area contributed by atoms with Crippen molar-refractivity contribution in [2.45, 2.75) is 70.8 Å². The molecule has 26 heavy (non-hydrogen) atoms. The van der Waals surface area contributed by atoms with Crippen LogP contribution in [0, 0.1) is 23.2 Å². The molecule has 0 aliphatic heterocycles. The van der Waals surface area contributed by atoms with Crippen molar-refractivity contribution >= 4 is 23.2 Å². The first-order valence-electron chi connectivity index (χ1n) is 10.3. The molecule has 4 saturated carbocycles. The number of nitrogens with two attached hydrogens (primary N) is 1. The number of carbonyl (C=O) groups excluding carboxylic acids is 2. The number of nitrogens with one attached hydrogen (secondary N) is 1. The Morgan fingerprint density at radius 3 is 2.27 bits per heavy atom. The first-order chi connectivity index (χ1) is 12.5. The summed E-state index contributed by atoms with van der Waals surface area (Å²) in [5, 5.41) is 3.22. The number of hydrogen-bond acceptors (Lipinski definition) is 3. The molecule has 5 aliphatic carbocycles. The highest BCUT2D eigenvalue weighted by Crippen LogP contribution is 2.60. The summed E-state index contributed by atoms with van der Waals surface area (Å²) in [5.41, 5.74) is 7.43. The zero-order chi connectivity index (χ0) is 17.9. The van der Waals surface area contributed by atoms with Crippen molar-refractivity contribution in [1.29, 1.82) is 0 Å². The number of primary amides is 1. The molecule has 0 spiro atoms. The second-order valence-corrected chi connectivity index (χ2v) is 10.4. The van der Waals surface area contributed by atoms with E-state index < -0.39 is 0 Å². The number of rotatable bonds is 4. The predicted octanol–water partition coefficient (Wildman–Crippen LogP) is 3.56. The van der Waals surface area contributed by atoms with Crippen molar-refractivity contribution in [3.05, 3.63) is 20.9 Å². The van der Waals surface area contributed by atoms with Gasteiger partial charge in [-0.2, -0.15) is 0 Å². The molecule has 1 heterocycles. The SMILES string of the molecule is NC(=O)c1c(CNC(=O)C23CC4CC(CC(C4)C2)C3)sc2c1CCCC2. The Kier molecular flexibility index (Phi) is 3.93. The van der Waals surface area contributed by atoms with Crippen LogP contribution in [0.5, 0.6) is 0 Å². The second kappa shape index (κ2) is 6.08. The van der Waals surface area contributed by atoms with Gasteiger partial charge in [-0.15, -0.1) is 11.3 Å². The maximum absolute atomic E-state index is 13.2. The van der Waals surface area contributed by atoms with E-state index in [-0.39, 0.29) is 17.2 Å². The van der Waals surface area contributed by atoms with E-state index in [1.54, 1.807) is 11.3 Å². The molecule has 1 aromatic heterocycles. The highest BCUT2D eigenvalue weighted by Gasteiger charge is 2.54. The average molecular weight is 373 g/mol. The van der Waals surface area contributed by atoms with Gasteiger partial charge in [-0.3, -0.25) is 9.59 Å². The molecule has 2 amide bonds. The minimum atomic E-state index is -0.330. The molecule has 140 valence electrons. The number of carbonyl (C=O) groups is 2. The highest BCUT2D eigenvalue weighted by atomic mass is 32.1. The van der Waals surface area contributed by atoms with Crippen LogP contribution in [0.15, 0.2) is 0 Å². The minimum Gasteiger partial charge on any atom is -0.366 e. The lowest BCUT2D eigenvalue weighted by atomic mass is 9.49. The third-order valence-corrected chi connectivity index (χ3v) is 8.71. The quantitative estimate of drug-likeness (QED) is 0.848. The summed E-state index contributed by atoms with van der Waals surface area (Å²) in [6, 6.07) is 0. The number of fused-ring (bicyclic) bond motifs is 1. The number of thiophene rings is 1. The lowest BCUT2D eigenvalue weighted by molar-refractivity contribution is -0.146. The monoisotopic (exact) mass is 372 g/mol. The van der Waals surface area contributed by atoms with Gasteiger partial charge < -0.3 is 11.1 Å². The van der Waals surface area contributed by atoms with E-state index in [0.29, 0.717) is 12.1 Å². The van der Waals surface area contributed by atoms with Gasteiger partial charge in [-0.25, -0.2) is 0 Å². The summed E-state index contributed by atoms with van der Waals surface area (Å²) in [6.07, 6.45) is 11.6. The van der Waals surface area contributed by atoms with Gasteiger partial charge in [0.25, 0.3) is 0 Å². The molecule has 0 radical (unpaired) electrons. The van der Waals surface area contributed by atoms with Gasteiger partial charge in [-0.05, 0) is 87.5 Å². The van der Waals surface area contributed by atoms with Crippen LogP contribution in [-0.4, -0.2) is 11.8 Å². The van der Waals surface area contributed by atoms with Gasteiger partial charge in [0.15, 0.2) is 0 Å². The molecule has 6 rings (SSSR count). The molecule has 1 aromatic rings. The first-order valence-corrected chi connectivity index (χ1v) is 11.1. The van der Waals surface area contributed by atoms with Crippen molar-refractivity contribution < 1.29 is 9.59 Å². The molecule has 4 nitrogen and oxygen atoms in total. The van der Waals surface area contributed by atoms with E-state index in [2.05, 4.69) is 5.32 Å². The normalized spacial score (nSPS) is 34.5. The molecule has 0 aromatic carbocycles. The van der Waals surface area contributed by atoms with Gasteiger partial charge in [0.2, 0.25) is 11.8 Å². The van der Waals surface area contributed by atoms with E-state index in [1.807, 2.05) is 0 Å². The van der Waals surface area contributed by atoms with Crippen LogP contribution in [0.4, 0.5) is 0 Å². The van der Waals surface area contributed by atoms with Crippen LogP contribution < -0.4 is 11.1 Å². The summed E-state index contributed by atoms with van der Waals surface area (Å²) >= 11 is 1.69. The molecular formula is C21H28N2O2S. The molecule has 0 atom stereocenters. The van der Waals surface area contributed by atoms with E-state index in [4.69, 9.17) is 5.73 Å². The largest absolute Gasteiger partial charge is 0.366 e. The zero-order valence-electron chi connectivity index (χ0n) is 15.3. The highest BCUT2D eigenvalue weighted by molar-refractivity contribution is 7.12. The van der Waals surface area contributed by atoms with Crippen molar-refractivity contribution in [3.8, 4) is 0 Å². The first kappa shape index (κ1) is 16.8. The molecular weight excluding hydrogens is 344 g/mol. The Morgan fingerprint density at radius 1 is 1.04 bits per heavy atom. The number of aryl methyl sites for hydroxylation is 1. The molecule has 0 unspecified atom stereocenters. The Labute approximate surface area is 158 Å². The smallest absolute Gasteiger partial charge is 0.250 e. The second-order valence-electron chi connectivity index (χ2n) is 9.25. The van der Waals surface area contributed by atoms with Crippen LogP contribution >= 0.6 is 11.3 Å². The molecule has 0 saturated heterocycles. The van der Waals surface area contributed by atoms with Gasteiger partial charge in [0, 0.05) is 15.2 Å².